The summed E-state index contributed by atoms with van der Waals surface area (Å²) in [7, 11) is -2.83. The fourth-order valence-corrected chi connectivity index (χ4v) is 5.71. The summed E-state index contributed by atoms with van der Waals surface area (Å²) >= 11 is 5.68. The zero-order valence-corrected chi connectivity index (χ0v) is 23.9. The van der Waals surface area contributed by atoms with Gasteiger partial charge in [-0.05, 0) is 42.0 Å². The summed E-state index contributed by atoms with van der Waals surface area (Å²) in [6.45, 7) is 2.90. The number of ether oxygens (including phenoxy) is 1. The van der Waals surface area contributed by atoms with Crippen LogP contribution in [0.2, 0.25) is 0 Å². The Morgan fingerprint density at radius 2 is 1.78 bits per heavy atom. The Morgan fingerprint density at radius 3 is 2.51 bits per heavy atom. The molecule has 0 radical (unpaired) electrons. The number of anilines is 1. The van der Waals surface area contributed by atoms with Gasteiger partial charge in [0.15, 0.2) is 5.58 Å². The van der Waals surface area contributed by atoms with E-state index in [1.165, 1.54) is 19.2 Å². The molecule has 11 nitrogen and oxygen atoms in total. The Hall–Kier alpha value is -3.68. The third kappa shape index (κ3) is 6.63. The van der Waals surface area contributed by atoms with Gasteiger partial charge in [0.2, 0.25) is 5.91 Å². The number of benzene rings is 3. The molecule has 0 atom stereocenters. The lowest BCUT2D eigenvalue weighted by Gasteiger charge is -2.36. The minimum absolute atomic E-state index is 0.00722. The van der Waals surface area contributed by atoms with Crippen LogP contribution in [-0.4, -0.2) is 68.2 Å². The molecule has 0 spiro atoms. The summed E-state index contributed by atoms with van der Waals surface area (Å²) in [6.07, 6.45) is 0. The second-order valence-electron chi connectivity index (χ2n) is 9.22. The minimum atomic E-state index is -4.03. The first-order valence-corrected chi connectivity index (χ1v) is 14.8. The first-order valence-electron chi connectivity index (χ1n) is 12.8. The van der Waals surface area contributed by atoms with E-state index in [4.69, 9.17) is 30.5 Å². The highest BCUT2D eigenvalue weighted by Gasteiger charge is 2.27. The molecular weight excluding hydrogens is 572 g/mol. The van der Waals surface area contributed by atoms with E-state index in [0.717, 1.165) is 24.3 Å². The van der Waals surface area contributed by atoms with E-state index in [9.17, 15) is 13.2 Å². The predicted molar refractivity (Wildman–Crippen MR) is 152 cm³/mol. The largest absolute Gasteiger partial charge is 0.489 e. The molecule has 1 fully saturated rings. The molecule has 1 amide bonds. The smallest absolute Gasteiger partial charge is 0.288 e. The van der Waals surface area contributed by atoms with Gasteiger partial charge < -0.3 is 19.1 Å². The Morgan fingerprint density at radius 1 is 1.00 bits per heavy atom. The van der Waals surface area contributed by atoms with E-state index in [1.807, 2.05) is 18.2 Å². The van der Waals surface area contributed by atoms with Gasteiger partial charge in [0, 0.05) is 43.3 Å². The summed E-state index contributed by atoms with van der Waals surface area (Å²) in [5.41, 5.74) is 2.93. The number of hydrogen-bond donors (Lipinski definition) is 0. The predicted octanol–water partition coefficient (Wildman–Crippen LogP) is 3.98. The van der Waals surface area contributed by atoms with Crippen molar-refractivity contribution in [3.8, 4) is 5.75 Å². The van der Waals surface area contributed by atoms with Gasteiger partial charge in [-0.25, -0.2) is 8.42 Å². The monoisotopic (exact) mass is 600 g/mol. The van der Waals surface area contributed by atoms with Crippen LogP contribution in [0.3, 0.4) is 0 Å². The fraction of sp³-hybridized carbons (Fsp3) is 0.286. The molecule has 41 heavy (non-hydrogen) atoms. The van der Waals surface area contributed by atoms with Crippen molar-refractivity contribution >= 4 is 44.2 Å². The standard InChI is InChI=1S/C28H29ClN4O7S/c1-37-33(41(35,36)24-8-3-2-4-9-24)39-20-26-25-11-10-23(17-27(25)40-30-26)38-19-21-6-5-7-22(16-21)31-12-14-32(15-13-31)28(34)18-29/h2-11,16-17H,12-15,18-20H2,1H3. The van der Waals surface area contributed by atoms with Crippen LogP contribution in [0, 0.1) is 0 Å². The number of piperazine rings is 1. The van der Waals surface area contributed by atoms with Crippen molar-refractivity contribution in [1.29, 1.82) is 0 Å². The number of carbonyl (C=O) groups is 1. The lowest BCUT2D eigenvalue weighted by molar-refractivity contribution is -0.294. The van der Waals surface area contributed by atoms with E-state index >= 15 is 0 Å². The molecule has 0 unspecified atom stereocenters. The summed E-state index contributed by atoms with van der Waals surface area (Å²) in [5.74, 6) is 0.558. The van der Waals surface area contributed by atoms with Gasteiger partial charge in [0.25, 0.3) is 10.0 Å². The van der Waals surface area contributed by atoms with Crippen molar-refractivity contribution in [2.75, 3.05) is 44.1 Å². The van der Waals surface area contributed by atoms with Crippen molar-refractivity contribution in [1.82, 2.24) is 14.7 Å². The van der Waals surface area contributed by atoms with Crippen LogP contribution in [-0.2, 0) is 37.7 Å². The third-order valence-electron chi connectivity index (χ3n) is 6.64. The van der Waals surface area contributed by atoms with Gasteiger partial charge in [-0.3, -0.25) is 14.5 Å². The minimum Gasteiger partial charge on any atom is -0.489 e. The Balaban J connectivity index is 1.19. The van der Waals surface area contributed by atoms with Crippen molar-refractivity contribution in [3.63, 3.8) is 0 Å². The number of sulfonamides is 1. The van der Waals surface area contributed by atoms with Crippen LogP contribution in [0.4, 0.5) is 5.69 Å². The van der Waals surface area contributed by atoms with Crippen LogP contribution in [0.5, 0.6) is 5.75 Å². The molecule has 5 rings (SSSR count). The molecule has 0 aliphatic carbocycles. The zero-order chi connectivity index (χ0) is 28.8. The molecule has 1 aliphatic rings. The second kappa shape index (κ2) is 12.9. The van der Waals surface area contributed by atoms with Crippen LogP contribution in [0.15, 0.2) is 82.2 Å². The molecular formula is C28H29ClN4O7S. The molecule has 216 valence electrons. The number of halogens is 1. The van der Waals surface area contributed by atoms with Crippen LogP contribution in [0.25, 0.3) is 11.0 Å². The number of amides is 1. The molecule has 1 saturated heterocycles. The molecule has 1 aliphatic heterocycles. The quantitative estimate of drug-likeness (QED) is 0.186. The molecule has 13 heteroatoms. The summed E-state index contributed by atoms with van der Waals surface area (Å²) in [4.78, 5) is 26.3. The highest BCUT2D eigenvalue weighted by Crippen LogP contribution is 2.26. The average Bonchev–Trinajstić information content (AvgIpc) is 3.42. The van der Waals surface area contributed by atoms with Crippen molar-refractivity contribution in [2.45, 2.75) is 18.1 Å². The van der Waals surface area contributed by atoms with Crippen LogP contribution < -0.4 is 9.64 Å². The molecule has 4 aromatic rings. The number of rotatable bonds is 11. The maximum Gasteiger partial charge on any atom is 0.288 e. The van der Waals surface area contributed by atoms with Crippen LogP contribution in [0.1, 0.15) is 11.3 Å². The van der Waals surface area contributed by atoms with Gasteiger partial charge in [-0.1, -0.05) is 35.5 Å². The lowest BCUT2D eigenvalue weighted by atomic mass is 10.1. The molecule has 1 aromatic heterocycles. The highest BCUT2D eigenvalue weighted by molar-refractivity contribution is 7.88. The Labute approximate surface area is 242 Å². The normalized spacial score (nSPS) is 14.1. The molecule has 0 N–H and O–H groups in total. The van der Waals surface area contributed by atoms with Crippen molar-refractivity contribution < 1.29 is 32.1 Å². The molecule has 2 heterocycles. The van der Waals surface area contributed by atoms with E-state index in [-0.39, 0.29) is 23.3 Å². The van der Waals surface area contributed by atoms with Gasteiger partial charge in [-0.2, -0.15) is 0 Å². The number of carbonyl (C=O) groups excluding carboxylic acids is 1. The Bertz CT molecular complexity index is 1590. The number of aromatic nitrogens is 1. The summed E-state index contributed by atoms with van der Waals surface area (Å²) in [6, 6.07) is 21.2. The SMILES string of the molecule is CON(OCc1noc2cc(OCc3cccc(N4CCN(C(=O)CCl)CC4)c3)ccc12)S(=O)(=O)c1ccccc1. The first kappa shape index (κ1) is 28.8. The Kier molecular flexibility index (Phi) is 9.06. The third-order valence-corrected chi connectivity index (χ3v) is 8.38. The lowest BCUT2D eigenvalue weighted by Crippen LogP contribution is -2.49. The molecule has 0 saturated carbocycles. The second-order valence-corrected chi connectivity index (χ2v) is 11.2. The van der Waals surface area contributed by atoms with Crippen molar-refractivity contribution in [2.24, 2.45) is 0 Å². The first-order chi connectivity index (χ1) is 19.9. The van der Waals surface area contributed by atoms with Gasteiger partial charge in [0.1, 0.15) is 30.5 Å². The number of alkyl halides is 1. The molecule has 3 aromatic carbocycles. The summed E-state index contributed by atoms with van der Waals surface area (Å²) in [5, 5.41) is 4.68. The van der Waals surface area contributed by atoms with E-state index < -0.39 is 10.0 Å². The van der Waals surface area contributed by atoms with Gasteiger partial charge >= 0.3 is 0 Å². The average molecular weight is 601 g/mol. The van der Waals surface area contributed by atoms with Crippen molar-refractivity contribution in [3.05, 3.63) is 84.1 Å². The number of hydrogen-bond acceptors (Lipinski definition) is 9. The van der Waals surface area contributed by atoms with Gasteiger partial charge in [-0.15, -0.1) is 11.6 Å². The van der Waals surface area contributed by atoms with Gasteiger partial charge in [0.05, 0.1) is 16.6 Å². The summed E-state index contributed by atoms with van der Waals surface area (Å²) < 4.78 is 37.5. The number of fused-ring (bicyclic) bond motifs is 1. The zero-order valence-electron chi connectivity index (χ0n) is 22.3. The fourth-order valence-electron chi connectivity index (χ4n) is 4.48. The highest BCUT2D eigenvalue weighted by atomic mass is 35.5. The molecule has 0 bridgehead atoms. The number of nitrogens with zero attached hydrogens (tertiary/aromatic N) is 4. The maximum absolute atomic E-state index is 12.8. The van der Waals surface area contributed by atoms with E-state index in [0.29, 0.717) is 46.7 Å². The van der Waals surface area contributed by atoms with E-state index in [1.54, 1.807) is 41.3 Å². The topological polar surface area (TPSA) is 115 Å². The maximum atomic E-state index is 12.8. The van der Waals surface area contributed by atoms with Crippen LogP contribution >= 0.6 is 11.6 Å². The van der Waals surface area contributed by atoms with E-state index in [2.05, 4.69) is 16.1 Å².